The van der Waals surface area contributed by atoms with E-state index in [1.807, 2.05) is 0 Å². The molecule has 1 aliphatic rings. The van der Waals surface area contributed by atoms with Crippen LogP contribution in [0.2, 0.25) is 0 Å². The number of nitrogens with zero attached hydrogens (tertiary/aromatic N) is 5. The maximum atomic E-state index is 12.2. The number of carboxylic acids is 1. The molecule has 1 N–H and O–H groups in total. The largest absolute Gasteiger partial charge is 0.481 e. The first-order valence-electron chi connectivity index (χ1n) is 5.94. The summed E-state index contributed by atoms with van der Waals surface area (Å²) in [6, 6.07) is -0.438. The zero-order valence-corrected chi connectivity index (χ0v) is 10.5. The van der Waals surface area contributed by atoms with E-state index in [2.05, 4.69) is 15.5 Å². The fraction of sp³-hybridized carbons (Fsp3) is 0.700. The maximum absolute atomic E-state index is 12.2. The van der Waals surface area contributed by atoms with Gasteiger partial charge in [-0.3, -0.25) is 9.59 Å². The summed E-state index contributed by atoms with van der Waals surface area (Å²) in [5.74, 6) is -1.86. The van der Waals surface area contributed by atoms with Gasteiger partial charge in [-0.2, -0.15) is 0 Å². The van der Waals surface area contributed by atoms with Crippen molar-refractivity contribution < 1.29 is 19.4 Å². The van der Waals surface area contributed by atoms with Gasteiger partial charge in [0.1, 0.15) is 18.8 Å². The first-order chi connectivity index (χ1) is 9.13. The minimum Gasteiger partial charge on any atom is -0.481 e. The Labute approximate surface area is 109 Å². The molecule has 0 saturated carbocycles. The highest BCUT2D eigenvalue weighted by Gasteiger charge is 2.39. The minimum atomic E-state index is -0.948. The van der Waals surface area contributed by atoms with Crippen molar-refractivity contribution in [2.75, 3.05) is 19.8 Å². The molecule has 19 heavy (non-hydrogen) atoms. The fourth-order valence-corrected chi connectivity index (χ4v) is 2.16. The second-order valence-corrected chi connectivity index (χ2v) is 4.24. The van der Waals surface area contributed by atoms with E-state index in [1.165, 1.54) is 15.9 Å². The van der Waals surface area contributed by atoms with Crippen LogP contribution in [0.5, 0.6) is 0 Å². The van der Waals surface area contributed by atoms with Crippen LogP contribution in [0.1, 0.15) is 6.92 Å². The van der Waals surface area contributed by atoms with Gasteiger partial charge in [-0.05, 0) is 17.4 Å². The van der Waals surface area contributed by atoms with E-state index in [1.54, 1.807) is 6.92 Å². The molecule has 1 amide bonds. The average Bonchev–Trinajstić information content (AvgIpc) is 3.00. The average molecular weight is 269 g/mol. The Kier molecular flexibility index (Phi) is 4.05. The summed E-state index contributed by atoms with van der Waals surface area (Å²) in [4.78, 5) is 24.8. The number of ether oxygens (including phenoxy) is 1. The fourth-order valence-electron chi connectivity index (χ4n) is 2.16. The number of carboxylic acid groups (broad SMARTS) is 1. The topological polar surface area (TPSA) is 110 Å². The molecule has 2 unspecified atom stereocenters. The molecule has 0 aromatic carbocycles. The first kappa shape index (κ1) is 13.4. The molecule has 0 radical (unpaired) electrons. The predicted octanol–water partition coefficient (Wildman–Crippen LogP) is -1.38. The van der Waals surface area contributed by atoms with Crippen LogP contribution in [0.25, 0.3) is 0 Å². The van der Waals surface area contributed by atoms with Crippen LogP contribution in [0.15, 0.2) is 6.33 Å². The van der Waals surface area contributed by atoms with Crippen LogP contribution in [-0.2, 0) is 20.9 Å². The number of hydrogen-bond acceptors (Lipinski definition) is 6. The molecule has 9 nitrogen and oxygen atoms in total. The summed E-state index contributed by atoms with van der Waals surface area (Å²) in [6.45, 7) is 2.58. The molecule has 1 fully saturated rings. The van der Waals surface area contributed by atoms with Crippen molar-refractivity contribution in [3.05, 3.63) is 6.33 Å². The van der Waals surface area contributed by atoms with E-state index >= 15 is 0 Å². The van der Waals surface area contributed by atoms with Gasteiger partial charge < -0.3 is 14.7 Å². The SMILES string of the molecule is CCN(C(=O)Cn1cnnn1)C1COCC1C(=O)O. The highest BCUT2D eigenvalue weighted by molar-refractivity contribution is 5.78. The number of hydrogen-bond donors (Lipinski definition) is 1. The first-order valence-corrected chi connectivity index (χ1v) is 5.94. The monoisotopic (exact) mass is 269 g/mol. The number of tetrazole rings is 1. The number of amides is 1. The van der Waals surface area contributed by atoms with Crippen molar-refractivity contribution in [2.45, 2.75) is 19.5 Å². The van der Waals surface area contributed by atoms with Crippen molar-refractivity contribution in [1.82, 2.24) is 25.1 Å². The molecule has 0 bridgehead atoms. The third-order valence-corrected chi connectivity index (χ3v) is 3.12. The molecule has 0 spiro atoms. The lowest BCUT2D eigenvalue weighted by atomic mass is 10.0. The maximum Gasteiger partial charge on any atom is 0.311 e. The smallest absolute Gasteiger partial charge is 0.311 e. The lowest BCUT2D eigenvalue weighted by Gasteiger charge is -2.29. The number of carbonyl (C=O) groups excluding carboxylic acids is 1. The second kappa shape index (κ2) is 5.74. The molecule has 1 saturated heterocycles. The van der Waals surface area contributed by atoms with Gasteiger partial charge in [-0.25, -0.2) is 4.68 Å². The number of likely N-dealkylation sites (N-methyl/N-ethyl adjacent to an activating group) is 1. The Morgan fingerprint density at radius 1 is 1.53 bits per heavy atom. The van der Waals surface area contributed by atoms with Gasteiger partial charge in [-0.15, -0.1) is 5.10 Å². The van der Waals surface area contributed by atoms with Gasteiger partial charge >= 0.3 is 5.97 Å². The summed E-state index contributed by atoms with van der Waals surface area (Å²) in [5.41, 5.74) is 0. The van der Waals surface area contributed by atoms with Crippen LogP contribution in [0.3, 0.4) is 0 Å². The Morgan fingerprint density at radius 3 is 2.89 bits per heavy atom. The highest BCUT2D eigenvalue weighted by atomic mass is 16.5. The second-order valence-electron chi connectivity index (χ2n) is 4.24. The third kappa shape index (κ3) is 2.87. The van der Waals surface area contributed by atoms with Crippen molar-refractivity contribution in [2.24, 2.45) is 5.92 Å². The van der Waals surface area contributed by atoms with Gasteiger partial charge in [-0.1, -0.05) is 0 Å². The van der Waals surface area contributed by atoms with Crippen LogP contribution in [-0.4, -0.2) is 67.9 Å². The molecule has 0 aliphatic carbocycles. The zero-order valence-electron chi connectivity index (χ0n) is 10.5. The van der Waals surface area contributed by atoms with E-state index in [9.17, 15) is 9.59 Å². The summed E-state index contributed by atoms with van der Waals surface area (Å²) >= 11 is 0. The zero-order chi connectivity index (χ0) is 13.8. The Morgan fingerprint density at radius 2 is 2.32 bits per heavy atom. The summed E-state index contributed by atoms with van der Waals surface area (Å²) in [5, 5.41) is 19.6. The molecule has 104 valence electrons. The van der Waals surface area contributed by atoms with Gasteiger partial charge in [0.25, 0.3) is 0 Å². The molecule has 1 aromatic heterocycles. The van der Waals surface area contributed by atoms with Crippen molar-refractivity contribution >= 4 is 11.9 Å². The number of rotatable bonds is 5. The molecule has 2 heterocycles. The Hall–Kier alpha value is -2.03. The summed E-state index contributed by atoms with van der Waals surface area (Å²) < 4.78 is 6.48. The molecule has 1 aromatic rings. The van der Waals surface area contributed by atoms with Gasteiger partial charge in [0.2, 0.25) is 5.91 Å². The number of aliphatic carboxylic acids is 1. The van der Waals surface area contributed by atoms with Crippen LogP contribution in [0, 0.1) is 5.92 Å². The van der Waals surface area contributed by atoms with Crippen molar-refractivity contribution in [3.8, 4) is 0 Å². The van der Waals surface area contributed by atoms with Crippen molar-refractivity contribution in [3.63, 3.8) is 0 Å². The number of carbonyl (C=O) groups is 2. The normalized spacial score (nSPS) is 22.4. The molecule has 9 heteroatoms. The van der Waals surface area contributed by atoms with E-state index in [4.69, 9.17) is 9.84 Å². The summed E-state index contributed by atoms with van der Waals surface area (Å²) in [7, 11) is 0. The Balaban J connectivity index is 2.06. The Bertz CT molecular complexity index is 449. The van der Waals surface area contributed by atoms with E-state index in [0.29, 0.717) is 6.54 Å². The van der Waals surface area contributed by atoms with E-state index < -0.39 is 17.9 Å². The van der Waals surface area contributed by atoms with Gasteiger partial charge in [0.05, 0.1) is 19.3 Å². The molecule has 2 atom stereocenters. The molecular weight excluding hydrogens is 254 g/mol. The highest BCUT2D eigenvalue weighted by Crippen LogP contribution is 2.20. The van der Waals surface area contributed by atoms with Gasteiger partial charge in [0.15, 0.2) is 0 Å². The quantitative estimate of drug-likeness (QED) is 0.701. The van der Waals surface area contributed by atoms with E-state index in [0.717, 1.165) is 0 Å². The predicted molar refractivity (Wildman–Crippen MR) is 60.9 cm³/mol. The summed E-state index contributed by atoms with van der Waals surface area (Å²) in [6.07, 6.45) is 1.34. The number of aromatic nitrogens is 4. The molecular formula is C10H15N5O4. The van der Waals surface area contributed by atoms with Crippen LogP contribution < -0.4 is 0 Å². The molecule has 1 aliphatic heterocycles. The third-order valence-electron chi connectivity index (χ3n) is 3.12. The minimum absolute atomic E-state index is 0.0102. The molecule has 2 rings (SSSR count). The van der Waals surface area contributed by atoms with Crippen LogP contribution >= 0.6 is 0 Å². The van der Waals surface area contributed by atoms with Crippen molar-refractivity contribution in [1.29, 1.82) is 0 Å². The standard InChI is InChI=1S/C10H15N5O4/c1-2-15(8-5-19-4-7(8)10(17)18)9(16)3-14-6-11-12-13-14/h6-8H,2-5H2,1H3,(H,17,18). The lowest BCUT2D eigenvalue weighted by molar-refractivity contribution is -0.145. The van der Waals surface area contributed by atoms with Crippen LogP contribution in [0.4, 0.5) is 0 Å². The van der Waals surface area contributed by atoms with Gasteiger partial charge in [0, 0.05) is 6.54 Å². The van der Waals surface area contributed by atoms with E-state index in [-0.39, 0.29) is 25.7 Å². The lowest BCUT2D eigenvalue weighted by Crippen LogP contribution is -2.47.